The van der Waals surface area contributed by atoms with Gasteiger partial charge in [-0.2, -0.15) is 0 Å². The highest BCUT2D eigenvalue weighted by Crippen LogP contribution is 2.60. The van der Waals surface area contributed by atoms with Gasteiger partial charge in [0.15, 0.2) is 0 Å². The first kappa shape index (κ1) is 25.0. The number of allylic oxidation sites excluding steroid dienone is 3. The first-order valence-electron chi connectivity index (χ1n) is 12.5. The van der Waals surface area contributed by atoms with Crippen molar-refractivity contribution in [1.29, 1.82) is 0 Å². The van der Waals surface area contributed by atoms with Crippen molar-refractivity contribution in [3.05, 3.63) is 23.3 Å². The molecule has 3 rings (SSSR count). The molecule has 3 aliphatic carbocycles. The van der Waals surface area contributed by atoms with E-state index in [1.807, 2.05) is 13.8 Å². The summed E-state index contributed by atoms with van der Waals surface area (Å²) < 4.78 is 0. The van der Waals surface area contributed by atoms with Gasteiger partial charge < -0.3 is 20.4 Å². The zero-order valence-corrected chi connectivity index (χ0v) is 20.4. The van der Waals surface area contributed by atoms with Crippen LogP contribution in [0.15, 0.2) is 23.3 Å². The maximum absolute atomic E-state index is 10.2. The third-order valence-electron chi connectivity index (χ3n) is 8.97. The van der Waals surface area contributed by atoms with E-state index in [1.165, 1.54) is 44.6 Å². The maximum atomic E-state index is 10.2. The van der Waals surface area contributed by atoms with Crippen LogP contribution in [-0.4, -0.2) is 43.8 Å². The van der Waals surface area contributed by atoms with Crippen LogP contribution in [0.3, 0.4) is 0 Å². The fourth-order valence-corrected chi connectivity index (χ4v) is 6.85. The van der Waals surface area contributed by atoms with Crippen molar-refractivity contribution in [3.63, 3.8) is 0 Å². The Labute approximate surface area is 189 Å². The average Bonchev–Trinajstić information content (AvgIpc) is 3.01. The predicted molar refractivity (Wildman–Crippen MR) is 126 cm³/mol. The molecular formula is C27H46O4. The normalized spacial score (nSPS) is 41.3. The van der Waals surface area contributed by atoms with Gasteiger partial charge in [-0.25, -0.2) is 0 Å². The summed E-state index contributed by atoms with van der Waals surface area (Å²) in [5.41, 5.74) is 0.929. The van der Waals surface area contributed by atoms with Crippen molar-refractivity contribution in [2.24, 2.45) is 23.2 Å². The van der Waals surface area contributed by atoms with Crippen molar-refractivity contribution in [1.82, 2.24) is 0 Å². The minimum Gasteiger partial charge on any atom is -0.390 e. The molecule has 178 valence electrons. The van der Waals surface area contributed by atoms with E-state index < -0.39 is 23.4 Å². The molecule has 0 spiro atoms. The van der Waals surface area contributed by atoms with Gasteiger partial charge in [0, 0.05) is 0 Å². The fourth-order valence-electron chi connectivity index (χ4n) is 6.85. The summed E-state index contributed by atoms with van der Waals surface area (Å²) >= 11 is 0. The van der Waals surface area contributed by atoms with Crippen molar-refractivity contribution >= 4 is 0 Å². The Hall–Kier alpha value is -0.680. The first-order chi connectivity index (χ1) is 14.3. The highest BCUT2D eigenvalue weighted by molar-refractivity contribution is 5.27. The smallest absolute Gasteiger partial charge is 0.114 e. The van der Waals surface area contributed by atoms with Crippen molar-refractivity contribution in [2.45, 2.75) is 122 Å². The van der Waals surface area contributed by atoms with Gasteiger partial charge in [0.25, 0.3) is 0 Å². The van der Waals surface area contributed by atoms with Crippen LogP contribution >= 0.6 is 0 Å². The van der Waals surface area contributed by atoms with Crippen LogP contribution in [0, 0.1) is 23.2 Å². The molecule has 0 heterocycles. The molecule has 3 fully saturated rings. The van der Waals surface area contributed by atoms with Crippen molar-refractivity contribution in [3.8, 4) is 0 Å². The van der Waals surface area contributed by atoms with Crippen LogP contribution in [0.2, 0.25) is 0 Å². The number of hydrogen-bond acceptors (Lipinski definition) is 4. The summed E-state index contributed by atoms with van der Waals surface area (Å²) in [5.74, 6) is 2.05. The minimum atomic E-state index is -1.42. The molecule has 3 aliphatic rings. The number of fused-ring (bicyclic) bond motifs is 1. The van der Waals surface area contributed by atoms with Gasteiger partial charge in [-0.05, 0) is 95.3 Å². The van der Waals surface area contributed by atoms with Crippen LogP contribution in [0.25, 0.3) is 0 Å². The molecular weight excluding hydrogens is 388 g/mol. The molecule has 3 unspecified atom stereocenters. The van der Waals surface area contributed by atoms with E-state index in [0.717, 1.165) is 30.8 Å². The average molecular weight is 435 g/mol. The van der Waals surface area contributed by atoms with Crippen molar-refractivity contribution < 1.29 is 20.4 Å². The van der Waals surface area contributed by atoms with E-state index in [0.29, 0.717) is 30.1 Å². The molecule has 0 aromatic heterocycles. The second-order valence-electron chi connectivity index (χ2n) is 12.0. The zero-order valence-electron chi connectivity index (χ0n) is 20.4. The Balaban J connectivity index is 1.68. The molecule has 4 nitrogen and oxygen atoms in total. The molecule has 0 radical (unpaired) electrons. The van der Waals surface area contributed by atoms with Crippen LogP contribution in [0.1, 0.15) is 98.8 Å². The highest BCUT2D eigenvalue weighted by atomic mass is 16.4. The summed E-state index contributed by atoms with van der Waals surface area (Å²) in [4.78, 5) is 0. The van der Waals surface area contributed by atoms with Gasteiger partial charge in [0.05, 0.1) is 17.8 Å². The van der Waals surface area contributed by atoms with Crippen LogP contribution in [0.5, 0.6) is 0 Å². The molecule has 0 aliphatic heterocycles. The molecule has 4 N–H and O–H groups in total. The minimum absolute atomic E-state index is 0.353. The van der Waals surface area contributed by atoms with Crippen LogP contribution < -0.4 is 0 Å². The summed E-state index contributed by atoms with van der Waals surface area (Å²) in [6.07, 6.45) is 12.8. The Morgan fingerprint density at radius 1 is 1.10 bits per heavy atom. The second kappa shape index (κ2) is 9.29. The summed E-state index contributed by atoms with van der Waals surface area (Å²) in [6.45, 7) is 10.3. The largest absolute Gasteiger partial charge is 0.390 e. The van der Waals surface area contributed by atoms with Gasteiger partial charge in [-0.15, -0.1) is 0 Å². The van der Waals surface area contributed by atoms with Crippen molar-refractivity contribution in [2.75, 3.05) is 0 Å². The topological polar surface area (TPSA) is 80.9 Å². The molecule has 0 aromatic rings. The van der Waals surface area contributed by atoms with E-state index in [9.17, 15) is 20.4 Å². The summed E-state index contributed by atoms with van der Waals surface area (Å²) in [7, 11) is 0. The number of rotatable bonds is 6. The quantitative estimate of drug-likeness (QED) is 0.479. The lowest BCUT2D eigenvalue weighted by atomic mass is 9.60. The molecule has 3 saturated carbocycles. The molecule has 0 saturated heterocycles. The molecule has 6 atom stereocenters. The molecule has 0 bridgehead atoms. The monoisotopic (exact) mass is 434 g/mol. The van der Waals surface area contributed by atoms with Gasteiger partial charge >= 0.3 is 0 Å². The number of aliphatic hydroxyl groups excluding tert-OH is 2. The highest BCUT2D eigenvalue weighted by Gasteiger charge is 2.50. The Bertz CT molecular complexity index is 670. The number of hydrogen-bond donors (Lipinski definition) is 4. The molecule has 0 aromatic carbocycles. The lowest BCUT2D eigenvalue weighted by molar-refractivity contribution is -0.144. The lowest BCUT2D eigenvalue weighted by Gasteiger charge is -2.44. The van der Waals surface area contributed by atoms with Crippen LogP contribution in [-0.2, 0) is 0 Å². The van der Waals surface area contributed by atoms with E-state index in [-0.39, 0.29) is 0 Å². The lowest BCUT2D eigenvalue weighted by Crippen LogP contribution is -2.52. The van der Waals surface area contributed by atoms with Gasteiger partial charge in [-0.1, -0.05) is 50.0 Å². The Kier molecular flexibility index (Phi) is 7.48. The molecule has 31 heavy (non-hydrogen) atoms. The number of aliphatic hydroxyl groups is 4. The van der Waals surface area contributed by atoms with Crippen LogP contribution in [0.4, 0.5) is 0 Å². The van der Waals surface area contributed by atoms with E-state index in [4.69, 9.17) is 0 Å². The Morgan fingerprint density at radius 3 is 2.35 bits per heavy atom. The zero-order chi connectivity index (χ0) is 23.0. The van der Waals surface area contributed by atoms with E-state index in [1.54, 1.807) is 0 Å². The third-order valence-corrected chi connectivity index (χ3v) is 8.97. The molecule has 4 heteroatoms. The van der Waals surface area contributed by atoms with Gasteiger partial charge in [0.2, 0.25) is 0 Å². The molecule has 0 amide bonds. The first-order valence-corrected chi connectivity index (χ1v) is 12.5. The van der Waals surface area contributed by atoms with E-state index >= 15 is 0 Å². The van der Waals surface area contributed by atoms with Gasteiger partial charge in [-0.3, -0.25) is 0 Å². The predicted octanol–water partition coefficient (Wildman–Crippen LogP) is 4.90. The Morgan fingerprint density at radius 2 is 1.74 bits per heavy atom. The standard InChI is InChI=1S/C27H46O4/c1-18(8-6-14-25(2,3)30)21-12-13-22-20(9-7-15-26(21,22)4)11-10-19-16-23(28)27(5,31)24(29)17-19/h10-11,18,21-24,28-31H,6-9,12-17H2,1-5H3/t18-,21?,22?,23-,24-,26?,27?/m1/s1. The fraction of sp³-hybridized carbons (Fsp3) is 0.852. The maximum Gasteiger partial charge on any atom is 0.114 e. The summed E-state index contributed by atoms with van der Waals surface area (Å²) in [6, 6.07) is 0. The third kappa shape index (κ3) is 5.46. The van der Waals surface area contributed by atoms with Gasteiger partial charge in [0.1, 0.15) is 5.60 Å². The second-order valence-corrected chi connectivity index (χ2v) is 12.0. The summed E-state index contributed by atoms with van der Waals surface area (Å²) in [5, 5.41) is 40.7. The SMILES string of the molecule is C[C@H](CCCC(C)(C)O)C1CCC2C(=CC=C3C[C@@H](O)C(C)(O)[C@H](O)C3)CCCC21C. The van der Waals surface area contributed by atoms with E-state index in [2.05, 4.69) is 26.0 Å².